The zero-order valence-electron chi connectivity index (χ0n) is 9.61. The minimum atomic E-state index is 0.740. The lowest BCUT2D eigenvalue weighted by molar-refractivity contribution is 0.395. The maximum Gasteiger partial charge on any atom is 0.131 e. The van der Waals surface area contributed by atoms with Crippen LogP contribution in [0.3, 0.4) is 0 Å². The Morgan fingerprint density at radius 3 is 2.59 bits per heavy atom. The standard InChI is InChI=1S/C13H12BrNO2/c1-16-9-5-6-10(12(8-9)17-2)13-11(14)4-3-7-15-13/h3-8H,1-2H3. The van der Waals surface area contributed by atoms with Crippen molar-refractivity contribution >= 4 is 15.9 Å². The molecule has 1 aromatic carbocycles. The second-order valence-electron chi connectivity index (χ2n) is 3.40. The number of nitrogens with zero attached hydrogens (tertiary/aromatic N) is 1. The predicted molar refractivity (Wildman–Crippen MR) is 70.5 cm³/mol. The van der Waals surface area contributed by atoms with Crippen LogP contribution in [0.5, 0.6) is 11.5 Å². The van der Waals surface area contributed by atoms with Gasteiger partial charge in [0.15, 0.2) is 0 Å². The molecule has 0 amide bonds. The molecule has 0 saturated carbocycles. The molecule has 0 bridgehead atoms. The van der Waals surface area contributed by atoms with Crippen LogP contribution in [-0.4, -0.2) is 19.2 Å². The fraction of sp³-hybridized carbons (Fsp3) is 0.154. The fourth-order valence-electron chi connectivity index (χ4n) is 1.58. The van der Waals surface area contributed by atoms with E-state index in [4.69, 9.17) is 9.47 Å². The normalized spacial score (nSPS) is 10.1. The molecule has 0 atom stereocenters. The van der Waals surface area contributed by atoms with Gasteiger partial charge in [0, 0.05) is 22.3 Å². The third kappa shape index (κ3) is 2.42. The highest BCUT2D eigenvalue weighted by Crippen LogP contribution is 2.35. The van der Waals surface area contributed by atoms with Crippen molar-refractivity contribution in [2.75, 3.05) is 14.2 Å². The Labute approximate surface area is 109 Å². The molecule has 2 rings (SSSR count). The Morgan fingerprint density at radius 1 is 1.12 bits per heavy atom. The van der Waals surface area contributed by atoms with Crippen LogP contribution >= 0.6 is 15.9 Å². The van der Waals surface area contributed by atoms with Gasteiger partial charge in [0.1, 0.15) is 11.5 Å². The Morgan fingerprint density at radius 2 is 1.94 bits per heavy atom. The lowest BCUT2D eigenvalue weighted by atomic mass is 10.1. The van der Waals surface area contributed by atoms with E-state index in [2.05, 4.69) is 20.9 Å². The molecule has 17 heavy (non-hydrogen) atoms. The first-order chi connectivity index (χ1) is 8.26. The van der Waals surface area contributed by atoms with E-state index in [-0.39, 0.29) is 0 Å². The van der Waals surface area contributed by atoms with Crippen LogP contribution in [0.2, 0.25) is 0 Å². The molecule has 0 N–H and O–H groups in total. The fourth-order valence-corrected chi connectivity index (χ4v) is 2.05. The van der Waals surface area contributed by atoms with Crippen LogP contribution < -0.4 is 9.47 Å². The summed E-state index contributed by atoms with van der Waals surface area (Å²) in [5, 5.41) is 0. The summed E-state index contributed by atoms with van der Waals surface area (Å²) in [6.45, 7) is 0. The average molecular weight is 294 g/mol. The van der Waals surface area contributed by atoms with Gasteiger partial charge in [-0.15, -0.1) is 0 Å². The van der Waals surface area contributed by atoms with Crippen molar-refractivity contribution in [3.05, 3.63) is 41.0 Å². The van der Waals surface area contributed by atoms with E-state index < -0.39 is 0 Å². The number of rotatable bonds is 3. The van der Waals surface area contributed by atoms with Gasteiger partial charge in [-0.3, -0.25) is 4.98 Å². The van der Waals surface area contributed by atoms with Gasteiger partial charge >= 0.3 is 0 Å². The SMILES string of the molecule is COc1ccc(-c2ncccc2Br)c(OC)c1. The van der Waals surface area contributed by atoms with Crippen molar-refractivity contribution in [1.82, 2.24) is 4.98 Å². The molecule has 0 unspecified atom stereocenters. The highest BCUT2D eigenvalue weighted by molar-refractivity contribution is 9.10. The summed E-state index contributed by atoms with van der Waals surface area (Å²) in [7, 11) is 3.26. The van der Waals surface area contributed by atoms with E-state index in [0.29, 0.717) is 0 Å². The molecule has 1 aromatic heterocycles. The summed E-state index contributed by atoms with van der Waals surface area (Å²) in [5.41, 5.74) is 1.78. The molecular formula is C13H12BrNO2. The van der Waals surface area contributed by atoms with Crippen LogP contribution in [-0.2, 0) is 0 Å². The molecule has 2 aromatic rings. The molecule has 0 radical (unpaired) electrons. The van der Waals surface area contributed by atoms with Crippen molar-refractivity contribution < 1.29 is 9.47 Å². The highest BCUT2D eigenvalue weighted by atomic mass is 79.9. The number of pyridine rings is 1. The van der Waals surface area contributed by atoms with Crippen molar-refractivity contribution in [1.29, 1.82) is 0 Å². The van der Waals surface area contributed by atoms with Crippen LogP contribution in [0.1, 0.15) is 0 Å². The maximum atomic E-state index is 5.36. The summed E-state index contributed by atoms with van der Waals surface area (Å²) in [4.78, 5) is 4.34. The molecule has 1 heterocycles. The van der Waals surface area contributed by atoms with E-state index in [1.165, 1.54) is 0 Å². The molecule has 0 fully saturated rings. The van der Waals surface area contributed by atoms with E-state index in [1.54, 1.807) is 20.4 Å². The highest BCUT2D eigenvalue weighted by Gasteiger charge is 2.11. The number of ether oxygens (including phenoxy) is 2. The molecule has 0 aliphatic carbocycles. The van der Waals surface area contributed by atoms with E-state index in [1.807, 2.05) is 30.3 Å². The molecule has 88 valence electrons. The maximum absolute atomic E-state index is 5.36. The van der Waals surface area contributed by atoms with Crippen molar-refractivity contribution in [2.24, 2.45) is 0 Å². The molecule has 0 saturated heterocycles. The quantitative estimate of drug-likeness (QED) is 0.868. The van der Waals surface area contributed by atoms with Gasteiger partial charge in [-0.05, 0) is 40.2 Å². The lowest BCUT2D eigenvalue weighted by Gasteiger charge is -2.10. The van der Waals surface area contributed by atoms with Gasteiger partial charge in [0.25, 0.3) is 0 Å². The van der Waals surface area contributed by atoms with Crippen LogP contribution in [0.4, 0.5) is 0 Å². The third-order valence-corrected chi connectivity index (χ3v) is 3.06. The Bertz CT molecular complexity index is 529. The largest absolute Gasteiger partial charge is 0.497 e. The second kappa shape index (κ2) is 5.19. The summed E-state index contributed by atoms with van der Waals surface area (Å²) < 4.78 is 11.5. The van der Waals surface area contributed by atoms with Gasteiger partial charge in [-0.2, -0.15) is 0 Å². The first-order valence-corrected chi connectivity index (χ1v) is 5.88. The average Bonchev–Trinajstić information content (AvgIpc) is 2.38. The Hall–Kier alpha value is -1.55. The number of hydrogen-bond donors (Lipinski definition) is 0. The predicted octanol–water partition coefficient (Wildman–Crippen LogP) is 3.53. The van der Waals surface area contributed by atoms with Crippen LogP contribution in [0.25, 0.3) is 11.3 Å². The van der Waals surface area contributed by atoms with Gasteiger partial charge in [-0.25, -0.2) is 0 Å². The van der Waals surface area contributed by atoms with Crippen LogP contribution in [0.15, 0.2) is 41.0 Å². The number of halogens is 1. The smallest absolute Gasteiger partial charge is 0.131 e. The van der Waals surface area contributed by atoms with Crippen molar-refractivity contribution in [3.8, 4) is 22.8 Å². The number of benzene rings is 1. The first-order valence-electron chi connectivity index (χ1n) is 5.09. The number of methoxy groups -OCH3 is 2. The summed E-state index contributed by atoms with van der Waals surface area (Å²) in [6, 6.07) is 9.50. The van der Waals surface area contributed by atoms with Gasteiger partial charge < -0.3 is 9.47 Å². The summed E-state index contributed by atoms with van der Waals surface area (Å²) >= 11 is 3.48. The molecular weight excluding hydrogens is 282 g/mol. The van der Waals surface area contributed by atoms with Crippen molar-refractivity contribution in [3.63, 3.8) is 0 Å². The number of aromatic nitrogens is 1. The zero-order chi connectivity index (χ0) is 12.3. The second-order valence-corrected chi connectivity index (χ2v) is 4.25. The van der Waals surface area contributed by atoms with E-state index in [0.717, 1.165) is 27.2 Å². The topological polar surface area (TPSA) is 31.4 Å². The Kier molecular flexibility index (Phi) is 3.64. The van der Waals surface area contributed by atoms with Crippen molar-refractivity contribution in [2.45, 2.75) is 0 Å². The summed E-state index contributed by atoms with van der Waals surface area (Å²) in [6.07, 6.45) is 1.75. The molecule has 4 heteroatoms. The first kappa shape index (κ1) is 11.9. The monoisotopic (exact) mass is 293 g/mol. The van der Waals surface area contributed by atoms with Gasteiger partial charge in [0.05, 0.1) is 19.9 Å². The lowest BCUT2D eigenvalue weighted by Crippen LogP contribution is -1.92. The minimum absolute atomic E-state index is 0.740. The van der Waals surface area contributed by atoms with Crippen LogP contribution in [0, 0.1) is 0 Å². The third-order valence-electron chi connectivity index (χ3n) is 2.42. The Balaban J connectivity index is 2.56. The summed E-state index contributed by atoms with van der Waals surface area (Å²) in [5.74, 6) is 1.50. The molecule has 3 nitrogen and oxygen atoms in total. The molecule has 0 spiro atoms. The van der Waals surface area contributed by atoms with Gasteiger partial charge in [0.2, 0.25) is 0 Å². The molecule has 0 aliphatic rings. The molecule has 0 aliphatic heterocycles. The van der Waals surface area contributed by atoms with E-state index >= 15 is 0 Å². The minimum Gasteiger partial charge on any atom is -0.497 e. The zero-order valence-corrected chi connectivity index (χ0v) is 11.2. The van der Waals surface area contributed by atoms with Gasteiger partial charge in [-0.1, -0.05) is 0 Å². The number of hydrogen-bond acceptors (Lipinski definition) is 3. The van der Waals surface area contributed by atoms with E-state index in [9.17, 15) is 0 Å².